The molecule has 456 valence electrons. The van der Waals surface area contributed by atoms with Crippen LogP contribution in [0.25, 0.3) is 33.4 Å². The molecule has 0 bridgehead atoms. The molecule has 24 nitrogen and oxygen atoms in total. The van der Waals surface area contributed by atoms with Gasteiger partial charge in [0.25, 0.3) is 5.91 Å². The van der Waals surface area contributed by atoms with Gasteiger partial charge in [-0.2, -0.15) is 11.8 Å². The topological polar surface area (TPSA) is 305 Å². The molecule has 0 radical (unpaired) electrons. The molecule has 2 aromatic heterocycles. The van der Waals surface area contributed by atoms with Crippen LogP contribution >= 0.6 is 11.8 Å². The van der Waals surface area contributed by atoms with E-state index in [0.717, 1.165) is 52.7 Å². The van der Waals surface area contributed by atoms with E-state index in [-0.39, 0.29) is 65.0 Å². The van der Waals surface area contributed by atoms with Crippen LogP contribution in [0.3, 0.4) is 0 Å². The molecule has 5 atom stereocenters. The van der Waals surface area contributed by atoms with Crippen molar-refractivity contribution in [2.75, 3.05) is 51.9 Å². The molecular formula is C60H82N15O9S+. The monoisotopic (exact) mass is 1190 g/mol. The van der Waals surface area contributed by atoms with Gasteiger partial charge in [-0.15, -0.1) is 10.2 Å². The molecule has 8 N–H and O–H groups in total. The third-order valence-electron chi connectivity index (χ3n) is 14.3. The summed E-state index contributed by atoms with van der Waals surface area (Å²) >= 11 is 1.88. The van der Waals surface area contributed by atoms with E-state index in [0.29, 0.717) is 72.2 Å². The third kappa shape index (κ3) is 17.6. The van der Waals surface area contributed by atoms with Gasteiger partial charge in [-0.3, -0.25) is 24.0 Å². The Morgan fingerprint density at radius 3 is 2.00 bits per heavy atom. The number of carbonyl (C=O) groups is 7. The van der Waals surface area contributed by atoms with Gasteiger partial charge >= 0.3 is 12.0 Å². The Labute approximate surface area is 499 Å². The molecule has 3 aliphatic heterocycles. The number of nitrogens with zero attached hydrogens (tertiary/aromatic N) is 8. The van der Waals surface area contributed by atoms with Crippen LogP contribution in [0.15, 0.2) is 71.4 Å². The summed E-state index contributed by atoms with van der Waals surface area (Å²) in [4.78, 5) is 88.3. The van der Waals surface area contributed by atoms with Crippen LogP contribution in [0.4, 0.5) is 10.5 Å². The molecule has 2 saturated heterocycles. The van der Waals surface area contributed by atoms with Gasteiger partial charge in [0.2, 0.25) is 29.0 Å². The number of carboxylic acids is 1. The standard InChI is InChI=1S/C35H39N7O5.C25H42N8O4S/c1-20(32(43)37-35(2,3)4)42-19-22(38-39-42)18-36-33(44)21-9-12-25(28(15-21)34(45)46)31-26-13-10-23(40(5)6)16-29(26)47-30-17-24(41(7)8)11-14-27(30)31;1-16(23(36)30-25(2,3)4)33-14-17(31-32-33)8-7-11-21(35)27-13-12-26-20(34)10-6-5-9-19-22-18(15-38-19)28-24(37)29-22/h9-17,19-20H,18H2,1-8H3,(H2-,36,37,43,44,45,46);14,16,18-19,22H,5-13,15H2,1-4H3,(H,26,34)(H,27,35)(H,30,36)(H2,28,29,37)/p+1/t;16?,18-,19-,22-/m.0/s1. The first-order chi connectivity index (χ1) is 40.1. The zero-order chi connectivity index (χ0) is 61.9. The second-order valence-corrected chi connectivity index (χ2v) is 25.3. The van der Waals surface area contributed by atoms with Gasteiger partial charge in [0.05, 0.1) is 42.1 Å². The Balaban J connectivity index is 0.000000249. The van der Waals surface area contributed by atoms with E-state index in [4.69, 9.17) is 4.42 Å². The molecule has 4 aliphatic rings. The Bertz CT molecular complexity index is 3440. The van der Waals surface area contributed by atoms with Crippen LogP contribution in [-0.2, 0) is 32.1 Å². The molecule has 1 aliphatic carbocycles. The lowest BCUT2D eigenvalue weighted by Gasteiger charge is -2.23. The predicted molar refractivity (Wildman–Crippen MR) is 326 cm³/mol. The van der Waals surface area contributed by atoms with Gasteiger partial charge in [0, 0.05) is 108 Å². The van der Waals surface area contributed by atoms with Crippen LogP contribution in [-0.4, -0.2) is 152 Å². The number of hydrogen-bond acceptors (Lipinski definition) is 14. The van der Waals surface area contributed by atoms with E-state index < -0.39 is 29.5 Å². The highest BCUT2D eigenvalue weighted by molar-refractivity contribution is 8.00. The smallest absolute Gasteiger partial charge is 0.336 e. The number of unbranched alkanes of at least 4 members (excludes halogenated alkanes) is 1. The molecule has 2 aromatic carbocycles. The maximum absolute atomic E-state index is 13.2. The number of anilines is 1. The van der Waals surface area contributed by atoms with Crippen molar-refractivity contribution in [1.29, 1.82) is 0 Å². The molecule has 7 amide bonds. The average Bonchev–Trinajstić information content (AvgIpc) is 1.91. The fraction of sp³-hybridized carbons (Fsp3) is 0.500. The normalized spacial score (nSPS) is 16.2. The Morgan fingerprint density at radius 1 is 0.776 bits per heavy atom. The van der Waals surface area contributed by atoms with Crippen molar-refractivity contribution in [3.8, 4) is 22.5 Å². The summed E-state index contributed by atoms with van der Waals surface area (Å²) < 4.78 is 11.3. The number of nitrogens with one attached hydrogen (secondary N) is 7. The predicted octanol–water partition coefficient (Wildman–Crippen LogP) is 5.03. The van der Waals surface area contributed by atoms with Gasteiger partial charge in [0.1, 0.15) is 43.2 Å². The number of thioether (sulfide) groups is 1. The first kappa shape index (κ1) is 64.2. The van der Waals surface area contributed by atoms with Gasteiger partial charge in [0.15, 0.2) is 0 Å². The summed E-state index contributed by atoms with van der Waals surface area (Å²) in [6.07, 6.45) is 8.07. The lowest BCUT2D eigenvalue weighted by Crippen LogP contribution is -2.43. The van der Waals surface area contributed by atoms with Gasteiger partial charge in [-0.1, -0.05) is 22.9 Å². The Hall–Kier alpha value is -8.35. The number of aromatic carboxylic acids is 1. The minimum atomic E-state index is -1.17. The van der Waals surface area contributed by atoms with E-state index in [9.17, 15) is 38.7 Å². The van der Waals surface area contributed by atoms with Crippen LogP contribution < -0.4 is 52.1 Å². The van der Waals surface area contributed by atoms with Crippen molar-refractivity contribution in [2.24, 2.45) is 0 Å². The van der Waals surface area contributed by atoms with Crippen molar-refractivity contribution >= 4 is 70.0 Å². The second-order valence-electron chi connectivity index (χ2n) is 24.0. The number of rotatable bonds is 22. The van der Waals surface area contributed by atoms with Gasteiger partial charge < -0.3 is 51.6 Å². The fourth-order valence-corrected chi connectivity index (χ4v) is 11.3. The Morgan fingerprint density at radius 2 is 1.39 bits per heavy atom. The number of aryl methyl sites for hydroxylation is 1. The second kappa shape index (κ2) is 28.0. The van der Waals surface area contributed by atoms with Crippen molar-refractivity contribution in [3.63, 3.8) is 0 Å². The van der Waals surface area contributed by atoms with E-state index >= 15 is 0 Å². The molecule has 4 aromatic rings. The van der Waals surface area contributed by atoms with E-state index in [1.807, 2.05) is 127 Å². The molecule has 2 unspecified atom stereocenters. The average molecular weight is 1190 g/mol. The SMILES string of the molecule is CC(C(=O)NC(C)(C)C)n1cc(CCCC(=O)NCCNC(=O)CCCC[C@@H]2SC[C@@H]3NC(=O)N[C@@H]32)nn1.CC(C(=O)NC(C)(C)C)n1cc(CNC(=O)c2ccc(-c3c4ccc(=[N+](C)C)cc-4oc4cc(N(C)C)ccc34)c(C(=O)O)c2)nn1. The number of amides is 7. The highest BCUT2D eigenvalue weighted by Crippen LogP contribution is 2.42. The number of benzene rings is 3. The zero-order valence-electron chi connectivity index (χ0n) is 50.7. The fourth-order valence-electron chi connectivity index (χ4n) is 9.74. The van der Waals surface area contributed by atoms with Crippen LogP contribution in [0.5, 0.6) is 0 Å². The van der Waals surface area contributed by atoms with Crippen molar-refractivity contribution in [2.45, 2.75) is 147 Å². The lowest BCUT2D eigenvalue weighted by atomic mass is 9.89. The first-order valence-electron chi connectivity index (χ1n) is 28.7. The van der Waals surface area contributed by atoms with E-state index in [1.165, 1.54) is 15.4 Å². The van der Waals surface area contributed by atoms with Crippen molar-refractivity contribution in [3.05, 3.63) is 94.9 Å². The number of urea groups is 1. The summed E-state index contributed by atoms with van der Waals surface area (Å²) in [5.41, 5.74) is 4.06. The van der Waals surface area contributed by atoms with Gasteiger partial charge in [-0.05, 0) is 117 Å². The minimum absolute atomic E-state index is 0.0134. The summed E-state index contributed by atoms with van der Waals surface area (Å²) in [6.45, 7) is 15.7. The van der Waals surface area contributed by atoms with Crippen LogP contribution in [0.1, 0.15) is 138 Å². The lowest BCUT2D eigenvalue weighted by molar-refractivity contribution is -0.126. The van der Waals surface area contributed by atoms with Crippen LogP contribution in [0, 0.1) is 0 Å². The first-order valence-corrected chi connectivity index (χ1v) is 29.7. The maximum Gasteiger partial charge on any atom is 0.336 e. The zero-order valence-corrected chi connectivity index (χ0v) is 51.5. The number of hydrogen-bond donors (Lipinski definition) is 8. The number of fused-ring (bicyclic) bond motifs is 3. The van der Waals surface area contributed by atoms with Crippen molar-refractivity contribution in [1.82, 2.24) is 71.8 Å². The summed E-state index contributed by atoms with van der Waals surface area (Å²) in [6, 6.07) is 15.6. The molecule has 25 heteroatoms. The minimum Gasteiger partial charge on any atom is -0.478 e. The summed E-state index contributed by atoms with van der Waals surface area (Å²) in [7, 11) is 7.76. The number of aromatic nitrogens is 6. The highest BCUT2D eigenvalue weighted by atomic mass is 32.2. The summed E-state index contributed by atoms with van der Waals surface area (Å²) in [5, 5.41) is 49.0. The molecule has 2 fully saturated rings. The highest BCUT2D eigenvalue weighted by Gasteiger charge is 2.42. The number of carboxylic acid groups (broad SMARTS) is 1. The largest absolute Gasteiger partial charge is 0.478 e. The van der Waals surface area contributed by atoms with E-state index in [2.05, 4.69) is 57.8 Å². The maximum atomic E-state index is 13.2. The van der Waals surface area contributed by atoms with Gasteiger partial charge in [-0.25, -0.2) is 23.5 Å². The quantitative estimate of drug-likeness (QED) is 0.0191. The molecule has 8 rings (SSSR count). The Kier molecular flexibility index (Phi) is 21.2. The number of carbonyl (C=O) groups excluding carboxylic acids is 6. The molecule has 0 spiro atoms. The molecule has 0 saturated carbocycles. The van der Waals surface area contributed by atoms with Crippen LogP contribution in [0.2, 0.25) is 0 Å². The summed E-state index contributed by atoms with van der Waals surface area (Å²) in [5.74, 6) is -0.521. The molecular weight excluding hydrogens is 1110 g/mol. The molecule has 5 heterocycles. The molecule has 85 heavy (non-hydrogen) atoms. The third-order valence-corrected chi connectivity index (χ3v) is 15.8. The van der Waals surface area contributed by atoms with Crippen molar-refractivity contribution < 1.29 is 43.1 Å². The van der Waals surface area contributed by atoms with E-state index in [1.54, 1.807) is 38.4 Å².